The third kappa shape index (κ3) is 3.85. The minimum Gasteiger partial charge on any atom is -0.351 e. The van der Waals surface area contributed by atoms with Gasteiger partial charge in [-0.25, -0.2) is 9.18 Å². The summed E-state index contributed by atoms with van der Waals surface area (Å²) < 4.78 is 13.3. The molecule has 4 amide bonds. The lowest BCUT2D eigenvalue weighted by Gasteiger charge is -2.30. The van der Waals surface area contributed by atoms with Crippen LogP contribution in [0.25, 0.3) is 0 Å². The van der Waals surface area contributed by atoms with E-state index in [1.165, 1.54) is 17.0 Å². The fourth-order valence-electron chi connectivity index (χ4n) is 4.22. The van der Waals surface area contributed by atoms with Gasteiger partial charge >= 0.3 is 6.03 Å². The number of nitrogens with one attached hydrogen (secondary N) is 2. The molecule has 2 aliphatic rings. The Morgan fingerprint density at radius 1 is 1.03 bits per heavy atom. The number of nitrogens with zero attached hydrogens (tertiary/aromatic N) is 1. The van der Waals surface area contributed by atoms with Crippen molar-refractivity contribution in [1.29, 1.82) is 0 Å². The van der Waals surface area contributed by atoms with Crippen molar-refractivity contribution in [1.82, 2.24) is 10.6 Å². The van der Waals surface area contributed by atoms with Crippen LogP contribution in [-0.2, 0) is 10.2 Å². The summed E-state index contributed by atoms with van der Waals surface area (Å²) in [4.78, 5) is 37.1. The van der Waals surface area contributed by atoms with Crippen LogP contribution in [0.3, 0.4) is 0 Å². The number of benzene rings is 2. The number of carbonyl (C=O) groups excluding carboxylic acids is 3. The summed E-state index contributed by atoms with van der Waals surface area (Å²) in [6.07, 6.45) is 4.07. The normalized spacial score (nSPS) is 18.0. The van der Waals surface area contributed by atoms with E-state index < -0.39 is 6.03 Å². The predicted molar refractivity (Wildman–Crippen MR) is 106 cm³/mol. The topological polar surface area (TPSA) is 78.5 Å². The van der Waals surface area contributed by atoms with Crippen LogP contribution in [0.5, 0.6) is 0 Å². The van der Waals surface area contributed by atoms with Crippen LogP contribution in [0.4, 0.5) is 14.9 Å². The first-order chi connectivity index (χ1) is 14.0. The molecule has 0 spiro atoms. The van der Waals surface area contributed by atoms with E-state index in [1.807, 2.05) is 12.1 Å². The fraction of sp³-hybridized carbons (Fsp3) is 0.318. The van der Waals surface area contributed by atoms with E-state index in [0.29, 0.717) is 17.8 Å². The van der Waals surface area contributed by atoms with E-state index in [2.05, 4.69) is 10.6 Å². The maximum atomic E-state index is 13.3. The van der Waals surface area contributed by atoms with E-state index >= 15 is 0 Å². The van der Waals surface area contributed by atoms with Crippen molar-refractivity contribution in [3.8, 4) is 0 Å². The molecule has 0 unspecified atom stereocenters. The molecule has 1 aliphatic carbocycles. The first kappa shape index (κ1) is 19.1. The van der Waals surface area contributed by atoms with E-state index in [0.717, 1.165) is 31.2 Å². The number of carbonyl (C=O) groups is 3. The molecule has 4 rings (SSSR count). The standard InChI is InChI=1S/C22H22FN3O3/c23-17-7-5-16(6-8-17)22(11-1-2-12-22)14-24-20(28)15-3-9-18(10-4-15)26-13-19(27)25-21(26)29/h3-10H,1-2,11-14H2,(H,24,28)(H,25,27,29). The van der Waals surface area contributed by atoms with Crippen molar-refractivity contribution in [2.24, 2.45) is 0 Å². The van der Waals surface area contributed by atoms with Crippen LogP contribution in [-0.4, -0.2) is 30.9 Å². The van der Waals surface area contributed by atoms with Crippen LogP contribution in [0.2, 0.25) is 0 Å². The molecule has 7 heteroatoms. The number of urea groups is 1. The Labute approximate surface area is 168 Å². The number of rotatable bonds is 5. The van der Waals surface area contributed by atoms with Gasteiger partial charge in [0.25, 0.3) is 5.91 Å². The molecule has 0 radical (unpaired) electrons. The number of anilines is 1. The minimum absolute atomic E-state index is 0.0232. The monoisotopic (exact) mass is 395 g/mol. The van der Waals surface area contributed by atoms with Crippen molar-refractivity contribution < 1.29 is 18.8 Å². The summed E-state index contributed by atoms with van der Waals surface area (Å²) >= 11 is 0. The number of imide groups is 1. The van der Waals surface area contributed by atoms with Crippen LogP contribution in [0.15, 0.2) is 48.5 Å². The Kier molecular flexibility index (Phi) is 5.05. The lowest BCUT2D eigenvalue weighted by molar-refractivity contribution is -0.117. The zero-order valence-corrected chi connectivity index (χ0v) is 15.9. The third-order valence-corrected chi connectivity index (χ3v) is 5.84. The van der Waals surface area contributed by atoms with Gasteiger partial charge in [-0.15, -0.1) is 0 Å². The van der Waals surface area contributed by atoms with Gasteiger partial charge in [-0.1, -0.05) is 25.0 Å². The van der Waals surface area contributed by atoms with Gasteiger partial charge < -0.3 is 5.32 Å². The summed E-state index contributed by atoms with van der Waals surface area (Å²) in [6, 6.07) is 12.7. The molecule has 2 aromatic rings. The molecule has 0 bridgehead atoms. The average Bonchev–Trinajstić information content (AvgIpc) is 3.33. The quantitative estimate of drug-likeness (QED) is 0.764. The van der Waals surface area contributed by atoms with Gasteiger partial charge in [0.2, 0.25) is 5.91 Å². The summed E-state index contributed by atoms with van der Waals surface area (Å²) in [5, 5.41) is 5.24. The van der Waals surface area contributed by atoms with Crippen molar-refractivity contribution in [3.63, 3.8) is 0 Å². The molecule has 29 heavy (non-hydrogen) atoms. The molecule has 2 fully saturated rings. The molecule has 0 atom stereocenters. The van der Waals surface area contributed by atoms with E-state index in [-0.39, 0.29) is 29.6 Å². The van der Waals surface area contributed by atoms with Crippen LogP contribution in [0, 0.1) is 5.82 Å². The molecule has 1 saturated carbocycles. The molecular formula is C22H22FN3O3. The van der Waals surface area contributed by atoms with Crippen molar-refractivity contribution >= 4 is 23.5 Å². The molecule has 1 saturated heterocycles. The maximum absolute atomic E-state index is 13.3. The van der Waals surface area contributed by atoms with Crippen LogP contribution >= 0.6 is 0 Å². The fourth-order valence-corrected chi connectivity index (χ4v) is 4.22. The van der Waals surface area contributed by atoms with E-state index in [1.54, 1.807) is 24.3 Å². The van der Waals surface area contributed by atoms with Gasteiger partial charge in [-0.3, -0.25) is 19.8 Å². The third-order valence-electron chi connectivity index (χ3n) is 5.84. The lowest BCUT2D eigenvalue weighted by atomic mass is 9.78. The molecule has 1 heterocycles. The van der Waals surface area contributed by atoms with Gasteiger partial charge in [0.1, 0.15) is 12.4 Å². The molecule has 1 aliphatic heterocycles. The summed E-state index contributed by atoms with van der Waals surface area (Å²) in [7, 11) is 0. The molecule has 2 aromatic carbocycles. The Hall–Kier alpha value is -3.22. The Bertz CT molecular complexity index is 935. The molecule has 0 aromatic heterocycles. The number of amides is 4. The van der Waals surface area contributed by atoms with E-state index in [9.17, 15) is 18.8 Å². The van der Waals surface area contributed by atoms with Crippen molar-refractivity contribution in [2.75, 3.05) is 18.0 Å². The lowest BCUT2D eigenvalue weighted by Crippen LogP contribution is -2.39. The second-order valence-corrected chi connectivity index (χ2v) is 7.66. The van der Waals surface area contributed by atoms with Crippen LogP contribution in [0.1, 0.15) is 41.6 Å². The van der Waals surface area contributed by atoms with Gasteiger partial charge in [0, 0.05) is 23.2 Å². The van der Waals surface area contributed by atoms with Crippen molar-refractivity contribution in [2.45, 2.75) is 31.1 Å². The minimum atomic E-state index is -0.463. The second-order valence-electron chi connectivity index (χ2n) is 7.66. The number of hydrogen-bond acceptors (Lipinski definition) is 3. The smallest absolute Gasteiger partial charge is 0.329 e. The second kappa shape index (κ2) is 7.66. The molecule has 6 nitrogen and oxygen atoms in total. The highest BCUT2D eigenvalue weighted by molar-refractivity contribution is 6.12. The SMILES string of the molecule is O=C1CN(c2ccc(C(=O)NCC3(c4ccc(F)cc4)CCCC3)cc2)C(=O)N1. The van der Waals surface area contributed by atoms with Gasteiger partial charge in [-0.2, -0.15) is 0 Å². The molecular weight excluding hydrogens is 373 g/mol. The predicted octanol–water partition coefficient (Wildman–Crippen LogP) is 3.12. The summed E-state index contributed by atoms with van der Waals surface area (Å²) in [5.74, 6) is -0.814. The van der Waals surface area contributed by atoms with Crippen LogP contribution < -0.4 is 15.5 Å². The zero-order valence-electron chi connectivity index (χ0n) is 15.9. The molecule has 150 valence electrons. The average molecular weight is 395 g/mol. The molecule has 2 N–H and O–H groups in total. The highest BCUT2D eigenvalue weighted by Crippen LogP contribution is 2.40. The highest BCUT2D eigenvalue weighted by atomic mass is 19.1. The Balaban J connectivity index is 1.44. The Morgan fingerprint density at radius 3 is 2.28 bits per heavy atom. The maximum Gasteiger partial charge on any atom is 0.329 e. The summed E-state index contributed by atoms with van der Waals surface area (Å²) in [6.45, 7) is 0.465. The first-order valence-electron chi connectivity index (χ1n) is 9.73. The van der Waals surface area contributed by atoms with Crippen molar-refractivity contribution in [3.05, 3.63) is 65.5 Å². The van der Waals surface area contributed by atoms with E-state index in [4.69, 9.17) is 0 Å². The largest absolute Gasteiger partial charge is 0.351 e. The summed E-state index contributed by atoms with van der Waals surface area (Å²) in [5.41, 5.74) is 1.92. The number of hydrogen-bond donors (Lipinski definition) is 2. The highest BCUT2D eigenvalue weighted by Gasteiger charge is 2.36. The first-order valence-corrected chi connectivity index (χ1v) is 9.73. The van der Waals surface area contributed by atoms with Gasteiger partial charge in [-0.05, 0) is 54.8 Å². The van der Waals surface area contributed by atoms with Gasteiger partial charge in [0.05, 0.1) is 0 Å². The number of halogens is 1. The Morgan fingerprint density at radius 2 is 1.69 bits per heavy atom. The zero-order chi connectivity index (χ0) is 20.4. The van der Waals surface area contributed by atoms with Gasteiger partial charge in [0.15, 0.2) is 0 Å².